The summed E-state index contributed by atoms with van der Waals surface area (Å²) in [5.74, 6) is -0.169. The Hall–Kier alpha value is -3.28. The molecule has 2 N–H and O–H groups in total. The minimum atomic E-state index is -0.650. The lowest BCUT2D eigenvalue weighted by Crippen LogP contribution is -2.21. The number of fused-ring (bicyclic) bond motifs is 2. The van der Waals surface area contributed by atoms with Gasteiger partial charge in [-0.15, -0.1) is 0 Å². The van der Waals surface area contributed by atoms with Crippen molar-refractivity contribution in [1.29, 1.82) is 0 Å². The number of methoxy groups -OCH3 is 1. The summed E-state index contributed by atoms with van der Waals surface area (Å²) in [6.07, 6.45) is 0. The SMILES string of the molecule is COc1cc([C@H]2NC(=O)c3oc4ccccc4c(=O)c32)ccc1O. The highest BCUT2D eigenvalue weighted by Crippen LogP contribution is 2.35. The van der Waals surface area contributed by atoms with Crippen molar-refractivity contribution in [2.24, 2.45) is 0 Å². The molecule has 2 heterocycles. The van der Waals surface area contributed by atoms with Gasteiger partial charge in [0, 0.05) is 0 Å². The number of rotatable bonds is 2. The molecule has 0 aliphatic carbocycles. The molecule has 1 atom stereocenters. The fourth-order valence-corrected chi connectivity index (χ4v) is 2.98. The van der Waals surface area contributed by atoms with E-state index in [1.807, 2.05) is 0 Å². The van der Waals surface area contributed by atoms with Crippen molar-refractivity contribution in [2.45, 2.75) is 6.04 Å². The van der Waals surface area contributed by atoms with E-state index < -0.39 is 11.9 Å². The van der Waals surface area contributed by atoms with Crippen LogP contribution >= 0.6 is 0 Å². The van der Waals surface area contributed by atoms with E-state index in [2.05, 4.69) is 5.32 Å². The molecule has 4 rings (SSSR count). The molecule has 2 aromatic carbocycles. The lowest BCUT2D eigenvalue weighted by atomic mass is 9.99. The molecule has 0 bridgehead atoms. The van der Waals surface area contributed by atoms with Crippen LogP contribution in [0.2, 0.25) is 0 Å². The van der Waals surface area contributed by atoms with Gasteiger partial charge in [0.1, 0.15) is 5.58 Å². The first-order valence-electron chi connectivity index (χ1n) is 7.33. The molecule has 3 aromatic rings. The van der Waals surface area contributed by atoms with E-state index in [1.165, 1.54) is 13.2 Å². The van der Waals surface area contributed by atoms with Crippen LogP contribution in [0.15, 0.2) is 51.7 Å². The van der Waals surface area contributed by atoms with E-state index in [1.54, 1.807) is 36.4 Å². The van der Waals surface area contributed by atoms with Crippen LogP contribution in [0.5, 0.6) is 11.5 Å². The maximum absolute atomic E-state index is 12.8. The van der Waals surface area contributed by atoms with Gasteiger partial charge in [0.05, 0.1) is 24.1 Å². The number of hydrogen-bond acceptors (Lipinski definition) is 5. The fourth-order valence-electron chi connectivity index (χ4n) is 2.98. The van der Waals surface area contributed by atoms with Gasteiger partial charge in [0.15, 0.2) is 16.9 Å². The molecule has 6 nitrogen and oxygen atoms in total. The quantitative estimate of drug-likeness (QED) is 0.755. The summed E-state index contributed by atoms with van der Waals surface area (Å²) in [4.78, 5) is 25.1. The zero-order chi connectivity index (χ0) is 16.8. The zero-order valence-corrected chi connectivity index (χ0v) is 12.7. The van der Waals surface area contributed by atoms with E-state index in [-0.39, 0.29) is 28.3 Å². The number of nitrogens with one attached hydrogen (secondary N) is 1. The van der Waals surface area contributed by atoms with Crippen LogP contribution in [-0.4, -0.2) is 18.1 Å². The van der Waals surface area contributed by atoms with Crippen LogP contribution in [0.1, 0.15) is 27.7 Å². The molecule has 0 spiro atoms. The lowest BCUT2D eigenvalue weighted by molar-refractivity contribution is 0.0938. The number of carbonyl (C=O) groups is 1. The number of para-hydroxylation sites is 1. The highest BCUT2D eigenvalue weighted by molar-refractivity contribution is 5.98. The monoisotopic (exact) mass is 323 g/mol. The third-order valence-corrected chi connectivity index (χ3v) is 4.14. The molecular weight excluding hydrogens is 310 g/mol. The highest BCUT2D eigenvalue weighted by Gasteiger charge is 2.36. The van der Waals surface area contributed by atoms with Gasteiger partial charge in [-0.05, 0) is 29.8 Å². The molecule has 1 aliphatic heterocycles. The predicted molar refractivity (Wildman–Crippen MR) is 86.5 cm³/mol. The van der Waals surface area contributed by atoms with Crippen molar-refractivity contribution in [3.63, 3.8) is 0 Å². The summed E-state index contributed by atoms with van der Waals surface area (Å²) in [5, 5.41) is 12.9. The first-order valence-corrected chi connectivity index (χ1v) is 7.33. The molecule has 1 amide bonds. The van der Waals surface area contributed by atoms with Crippen molar-refractivity contribution in [3.8, 4) is 11.5 Å². The topological polar surface area (TPSA) is 88.8 Å². The smallest absolute Gasteiger partial charge is 0.288 e. The zero-order valence-electron chi connectivity index (χ0n) is 12.7. The summed E-state index contributed by atoms with van der Waals surface area (Å²) in [6, 6.07) is 10.8. The Balaban J connectivity index is 1.96. The first kappa shape index (κ1) is 14.3. The van der Waals surface area contributed by atoms with Crippen LogP contribution in [-0.2, 0) is 0 Å². The maximum atomic E-state index is 12.8. The Morgan fingerprint density at radius 2 is 1.96 bits per heavy atom. The number of phenolic OH excluding ortho intramolecular Hbond substituents is 1. The van der Waals surface area contributed by atoms with Crippen molar-refractivity contribution in [2.75, 3.05) is 7.11 Å². The second kappa shape index (κ2) is 5.13. The lowest BCUT2D eigenvalue weighted by Gasteiger charge is -2.13. The molecule has 0 unspecified atom stereocenters. The largest absolute Gasteiger partial charge is 0.504 e. The number of phenols is 1. The molecular formula is C18H13NO5. The van der Waals surface area contributed by atoms with Crippen LogP contribution < -0.4 is 15.5 Å². The summed E-state index contributed by atoms with van der Waals surface area (Å²) in [7, 11) is 1.43. The van der Waals surface area contributed by atoms with Crippen LogP contribution in [0.3, 0.4) is 0 Å². The Bertz CT molecular complexity index is 1040. The number of carbonyl (C=O) groups excluding carboxylic acids is 1. The van der Waals surface area contributed by atoms with E-state index in [9.17, 15) is 14.7 Å². The number of aromatic hydroxyl groups is 1. The Morgan fingerprint density at radius 3 is 2.75 bits per heavy atom. The van der Waals surface area contributed by atoms with E-state index in [0.717, 1.165) is 0 Å². The third-order valence-electron chi connectivity index (χ3n) is 4.14. The van der Waals surface area contributed by atoms with Crippen molar-refractivity contribution in [1.82, 2.24) is 5.32 Å². The van der Waals surface area contributed by atoms with Crippen LogP contribution in [0, 0.1) is 0 Å². The minimum absolute atomic E-state index is 0.0173. The van der Waals surface area contributed by atoms with Crippen molar-refractivity contribution in [3.05, 3.63) is 69.6 Å². The van der Waals surface area contributed by atoms with Crippen molar-refractivity contribution >= 4 is 16.9 Å². The average Bonchev–Trinajstić information content (AvgIpc) is 2.93. The van der Waals surface area contributed by atoms with Gasteiger partial charge in [-0.3, -0.25) is 9.59 Å². The van der Waals surface area contributed by atoms with Gasteiger partial charge in [-0.2, -0.15) is 0 Å². The van der Waals surface area contributed by atoms with Gasteiger partial charge >= 0.3 is 0 Å². The van der Waals surface area contributed by atoms with Gasteiger partial charge in [0.2, 0.25) is 5.76 Å². The predicted octanol–water partition coefficient (Wildman–Crippen LogP) is 2.34. The maximum Gasteiger partial charge on any atom is 0.288 e. The molecule has 1 aromatic heterocycles. The van der Waals surface area contributed by atoms with Gasteiger partial charge in [-0.1, -0.05) is 18.2 Å². The molecule has 24 heavy (non-hydrogen) atoms. The summed E-state index contributed by atoms with van der Waals surface area (Å²) in [5.41, 5.74) is 1.02. The van der Waals surface area contributed by atoms with Crippen LogP contribution in [0.4, 0.5) is 0 Å². The molecule has 0 saturated heterocycles. The molecule has 120 valence electrons. The molecule has 0 radical (unpaired) electrons. The number of hydrogen-bond donors (Lipinski definition) is 2. The van der Waals surface area contributed by atoms with Gasteiger partial charge in [0.25, 0.3) is 5.91 Å². The second-order valence-corrected chi connectivity index (χ2v) is 5.51. The molecule has 0 saturated carbocycles. The van der Waals surface area contributed by atoms with E-state index in [4.69, 9.17) is 9.15 Å². The Kier molecular flexibility index (Phi) is 3.06. The summed E-state index contributed by atoms with van der Waals surface area (Å²) < 4.78 is 10.7. The molecule has 1 aliphatic rings. The number of ether oxygens (including phenoxy) is 1. The number of benzene rings is 2. The number of amides is 1. The fraction of sp³-hybridized carbons (Fsp3) is 0.111. The minimum Gasteiger partial charge on any atom is -0.504 e. The third kappa shape index (κ3) is 1.96. The Morgan fingerprint density at radius 1 is 1.17 bits per heavy atom. The first-order chi connectivity index (χ1) is 11.6. The van der Waals surface area contributed by atoms with Crippen LogP contribution in [0.25, 0.3) is 11.0 Å². The van der Waals surface area contributed by atoms with Gasteiger partial charge in [-0.25, -0.2) is 0 Å². The van der Waals surface area contributed by atoms with E-state index in [0.29, 0.717) is 16.5 Å². The molecule has 0 fully saturated rings. The highest BCUT2D eigenvalue weighted by atomic mass is 16.5. The Labute approximate surface area is 136 Å². The summed E-state index contributed by atoms with van der Waals surface area (Å²) in [6.45, 7) is 0. The normalized spacial score (nSPS) is 16.0. The standard InChI is InChI=1S/C18H13NO5/c1-23-13-8-9(6-7-11(13)20)15-14-16(21)10-4-2-3-5-12(10)24-17(14)18(22)19-15/h2-8,15,20H,1H3,(H,19,22)/t15-/m1/s1. The van der Waals surface area contributed by atoms with Crippen molar-refractivity contribution < 1.29 is 19.1 Å². The molecule has 6 heteroatoms. The van der Waals surface area contributed by atoms with Gasteiger partial charge < -0.3 is 19.6 Å². The average molecular weight is 323 g/mol. The second-order valence-electron chi connectivity index (χ2n) is 5.51. The van der Waals surface area contributed by atoms with E-state index >= 15 is 0 Å². The summed E-state index contributed by atoms with van der Waals surface area (Å²) >= 11 is 0.